The molecule has 12 aromatic rings. The Morgan fingerprint density at radius 2 is 0.667 bits per heavy atom. The van der Waals surface area contributed by atoms with Gasteiger partial charge in [0, 0.05) is 68.0 Å². The van der Waals surface area contributed by atoms with E-state index in [9.17, 15) is 0 Å². The van der Waals surface area contributed by atoms with E-state index in [1.165, 1.54) is 157 Å². The van der Waals surface area contributed by atoms with Gasteiger partial charge in [-0.2, -0.15) is 0 Å². The van der Waals surface area contributed by atoms with Crippen molar-refractivity contribution >= 4 is 114 Å². The lowest BCUT2D eigenvalue weighted by atomic mass is 9.33. The van der Waals surface area contributed by atoms with E-state index in [-0.39, 0.29) is 45.9 Å². The van der Waals surface area contributed by atoms with Crippen LogP contribution in [0.1, 0.15) is 155 Å². The molecule has 4 heterocycles. The molecule has 4 aliphatic heterocycles. The number of nitrogens with zero attached hydrogens (tertiary/aromatic N) is 4. The van der Waals surface area contributed by atoms with Crippen molar-refractivity contribution in [2.24, 2.45) is 0 Å². The molecule has 0 radical (unpaired) electrons. The topological polar surface area (TPSA) is 13.0 Å². The molecule has 102 heavy (non-hydrogen) atoms. The lowest BCUT2D eigenvalue weighted by Gasteiger charge is -2.48. The maximum Gasteiger partial charge on any atom is 0.252 e. The summed E-state index contributed by atoms with van der Waals surface area (Å²) in [6.07, 6.45) is 5.32. The van der Waals surface area contributed by atoms with Crippen molar-refractivity contribution in [2.45, 2.75) is 155 Å². The molecule has 0 N–H and O–H groups in total. The fraction of sp³-hybridized carbons (Fsp3) is 0.250. The van der Waals surface area contributed by atoms with Gasteiger partial charge in [0.15, 0.2) is 0 Å². The van der Waals surface area contributed by atoms with Crippen LogP contribution in [0.2, 0.25) is 0 Å². The number of fused-ring (bicyclic) bond motifs is 10. The molecular weight excluding hydrogens is 1230 g/mol. The average Bonchev–Trinajstić information content (AvgIpc) is 0.696. The number of benzene rings is 12. The first-order valence-electron chi connectivity index (χ1n) is 37.5. The second kappa shape index (κ2) is 23.0. The van der Waals surface area contributed by atoms with E-state index in [2.05, 4.69) is 370 Å². The SMILES string of the molecule is CC(C)(C)c1ccc(N2c3cc4c(cc3B3c5ccccc5N(c5ccccc5)c5cccc2c53)C(C)(C)CCC4(C)C)c(-c2cccc(CC3(C)CCC(C)(C)c4cc5c(cc43)B3c4ccccc4N(c4ccccc4)c4cccc(c43)N5c3ccc(C(C)(C)C)cc3-c3ccccc3)c2)c1. The minimum Gasteiger partial charge on any atom is -0.311 e. The maximum absolute atomic E-state index is 2.73. The summed E-state index contributed by atoms with van der Waals surface area (Å²) in [5.74, 6) is 0. The van der Waals surface area contributed by atoms with E-state index in [1.54, 1.807) is 0 Å². The molecule has 1 unspecified atom stereocenters. The molecule has 1 atom stereocenters. The molecule has 6 heteroatoms. The smallest absolute Gasteiger partial charge is 0.252 e. The van der Waals surface area contributed by atoms with Crippen molar-refractivity contribution in [3.8, 4) is 22.3 Å². The molecule has 0 fully saturated rings. The Balaban J connectivity index is 0.825. The van der Waals surface area contributed by atoms with E-state index in [0.717, 1.165) is 37.8 Å². The molecule has 4 nitrogen and oxygen atoms in total. The summed E-state index contributed by atoms with van der Waals surface area (Å²) in [7, 11) is 0. The number of anilines is 12. The van der Waals surface area contributed by atoms with Crippen LogP contribution in [0.4, 0.5) is 68.2 Å². The molecule has 0 amide bonds. The molecule has 2 aliphatic carbocycles. The molecule has 0 bridgehead atoms. The third kappa shape index (κ3) is 9.99. The average molecular weight is 1320 g/mol. The van der Waals surface area contributed by atoms with Gasteiger partial charge in [-0.3, -0.25) is 0 Å². The molecular formula is C96H92B2N4. The monoisotopic (exact) mass is 1320 g/mol. The summed E-state index contributed by atoms with van der Waals surface area (Å²) >= 11 is 0. The zero-order valence-corrected chi connectivity index (χ0v) is 61.8. The molecule has 0 saturated carbocycles. The summed E-state index contributed by atoms with van der Waals surface area (Å²) in [6, 6.07) is 101. The van der Waals surface area contributed by atoms with Crippen molar-refractivity contribution in [1.29, 1.82) is 0 Å². The Hall–Kier alpha value is -10.0. The summed E-state index contributed by atoms with van der Waals surface area (Å²) in [5.41, 5.74) is 37.3. The summed E-state index contributed by atoms with van der Waals surface area (Å²) in [6.45, 7) is 31.7. The van der Waals surface area contributed by atoms with Gasteiger partial charge in [-0.15, -0.1) is 0 Å². The van der Waals surface area contributed by atoms with E-state index < -0.39 is 0 Å². The number of para-hydroxylation sites is 4. The number of hydrogen-bond acceptors (Lipinski definition) is 4. The molecule has 0 saturated heterocycles. The third-order valence-electron chi connectivity index (χ3n) is 24.7. The highest BCUT2D eigenvalue weighted by molar-refractivity contribution is 7.01. The Morgan fingerprint density at radius 3 is 1.15 bits per heavy atom. The van der Waals surface area contributed by atoms with Gasteiger partial charge >= 0.3 is 0 Å². The van der Waals surface area contributed by atoms with Gasteiger partial charge in [0.05, 0.1) is 11.4 Å². The standard InChI is InChI=1S/C96H92B2N4/c1-91(2,3)65-46-48-79(69(55-65)63-31-17-14-18-32-63)101-85-44-28-43-84-90(85)98(76-39-24-26-41-82(76)100(84)68-36-21-16-22-37-68)78-58-74-73(60-88(78)101)95(11,12)52-53-96(74,13)61-62-30-27-33-64(54-62)70-56-66(92(4,5)6)47-49-80(70)102-86-45-29-42-83-89(86)97(75-38-23-25-40-81(75)99(83)67-34-19-15-20-35-67)77-57-71-72(59-87(77)102)94(9,10)51-50-93(71,7)8/h14-49,54-60H,50-53,61H2,1-13H3. The third-order valence-corrected chi connectivity index (χ3v) is 24.7. The molecule has 0 aromatic heterocycles. The first-order chi connectivity index (χ1) is 49.0. The highest BCUT2D eigenvalue weighted by Gasteiger charge is 2.50. The molecule has 502 valence electrons. The fourth-order valence-corrected chi connectivity index (χ4v) is 19.0. The van der Waals surface area contributed by atoms with Crippen LogP contribution in [0.5, 0.6) is 0 Å². The maximum atomic E-state index is 2.73. The van der Waals surface area contributed by atoms with Crippen molar-refractivity contribution in [3.05, 3.63) is 300 Å². The molecule has 6 aliphatic rings. The van der Waals surface area contributed by atoms with Crippen LogP contribution in [0.25, 0.3) is 22.3 Å². The predicted octanol–water partition coefficient (Wildman–Crippen LogP) is 21.7. The Morgan fingerprint density at radius 1 is 0.294 bits per heavy atom. The van der Waals surface area contributed by atoms with Gasteiger partial charge in [-0.05, 0) is 245 Å². The largest absolute Gasteiger partial charge is 0.311 e. The van der Waals surface area contributed by atoms with Gasteiger partial charge in [0.1, 0.15) is 0 Å². The number of rotatable bonds is 8. The van der Waals surface area contributed by atoms with Crippen LogP contribution >= 0.6 is 0 Å². The second-order valence-corrected chi connectivity index (χ2v) is 34.7. The Kier molecular flexibility index (Phi) is 14.4. The normalized spacial score (nSPS) is 17.7. The van der Waals surface area contributed by atoms with Gasteiger partial charge in [0.2, 0.25) is 0 Å². The van der Waals surface area contributed by atoms with Crippen LogP contribution in [0.3, 0.4) is 0 Å². The first kappa shape index (κ1) is 64.1. The zero-order valence-electron chi connectivity index (χ0n) is 61.8. The second-order valence-electron chi connectivity index (χ2n) is 34.7. The fourth-order valence-electron chi connectivity index (χ4n) is 19.0. The molecule has 12 aromatic carbocycles. The highest BCUT2D eigenvalue weighted by Crippen LogP contribution is 2.56. The van der Waals surface area contributed by atoms with Crippen LogP contribution in [0, 0.1) is 0 Å². The summed E-state index contributed by atoms with van der Waals surface area (Å²) < 4.78 is 0. The van der Waals surface area contributed by atoms with Gasteiger partial charge in [0.25, 0.3) is 13.4 Å². The highest BCUT2D eigenvalue weighted by atomic mass is 15.2. The number of hydrogen-bond donors (Lipinski definition) is 0. The van der Waals surface area contributed by atoms with E-state index in [1.807, 2.05) is 0 Å². The van der Waals surface area contributed by atoms with E-state index >= 15 is 0 Å². The molecule has 18 rings (SSSR count). The van der Waals surface area contributed by atoms with E-state index in [4.69, 9.17) is 0 Å². The van der Waals surface area contributed by atoms with Crippen LogP contribution in [-0.4, -0.2) is 13.4 Å². The zero-order chi connectivity index (χ0) is 70.1. The van der Waals surface area contributed by atoms with Crippen molar-refractivity contribution in [2.75, 3.05) is 19.6 Å². The lowest BCUT2D eigenvalue weighted by Crippen LogP contribution is -2.61. The summed E-state index contributed by atoms with van der Waals surface area (Å²) in [5, 5.41) is 0. The van der Waals surface area contributed by atoms with E-state index in [0.29, 0.717) is 0 Å². The summed E-state index contributed by atoms with van der Waals surface area (Å²) in [4.78, 5) is 10.4. The Bertz CT molecular complexity index is 5380. The lowest BCUT2D eigenvalue weighted by molar-refractivity contribution is 0.310. The van der Waals surface area contributed by atoms with Crippen molar-refractivity contribution in [1.82, 2.24) is 0 Å². The quantitative estimate of drug-likeness (QED) is 0.141. The van der Waals surface area contributed by atoms with Gasteiger partial charge in [-0.1, -0.05) is 254 Å². The minimum atomic E-state index is -0.211. The van der Waals surface area contributed by atoms with Crippen LogP contribution < -0.4 is 52.4 Å². The molecule has 0 spiro atoms. The van der Waals surface area contributed by atoms with Crippen molar-refractivity contribution < 1.29 is 0 Å². The Labute approximate surface area is 606 Å². The van der Waals surface area contributed by atoms with Crippen LogP contribution in [0.15, 0.2) is 261 Å². The van der Waals surface area contributed by atoms with Gasteiger partial charge < -0.3 is 19.6 Å². The first-order valence-corrected chi connectivity index (χ1v) is 37.5. The minimum absolute atomic E-state index is 0.000576. The van der Waals surface area contributed by atoms with Crippen molar-refractivity contribution in [3.63, 3.8) is 0 Å². The van der Waals surface area contributed by atoms with Gasteiger partial charge in [-0.25, -0.2) is 0 Å². The predicted molar refractivity (Wildman–Crippen MR) is 438 cm³/mol. The van der Waals surface area contributed by atoms with Crippen LogP contribution in [-0.2, 0) is 38.9 Å².